The first kappa shape index (κ1) is 13.4. The van der Waals surface area contributed by atoms with Gasteiger partial charge in [0.25, 0.3) is 0 Å². The van der Waals surface area contributed by atoms with Crippen molar-refractivity contribution in [2.45, 2.75) is 24.8 Å². The molecule has 0 aliphatic carbocycles. The van der Waals surface area contributed by atoms with E-state index in [0.29, 0.717) is 11.8 Å². The van der Waals surface area contributed by atoms with Crippen LogP contribution in [0.2, 0.25) is 0 Å². The highest BCUT2D eigenvalue weighted by Crippen LogP contribution is 2.19. The van der Waals surface area contributed by atoms with E-state index in [1.165, 1.54) is 5.56 Å². The number of nitrogens with zero attached hydrogens (tertiary/aromatic N) is 1. The zero-order chi connectivity index (χ0) is 13.0. The van der Waals surface area contributed by atoms with Crippen molar-refractivity contribution < 1.29 is 4.79 Å². The van der Waals surface area contributed by atoms with Gasteiger partial charge in [-0.1, -0.05) is 17.7 Å². The molecule has 98 valence electrons. The average Bonchev–Trinajstić information content (AvgIpc) is 2.38. The van der Waals surface area contributed by atoms with Crippen LogP contribution >= 0.6 is 11.8 Å². The van der Waals surface area contributed by atoms with E-state index < -0.39 is 0 Å². The highest BCUT2D eigenvalue weighted by Gasteiger charge is 2.22. The monoisotopic (exact) mass is 264 g/mol. The number of carbonyl (C=O) groups is 1. The Morgan fingerprint density at radius 2 is 2.17 bits per heavy atom. The number of hydrogen-bond donors (Lipinski definition) is 1. The molecule has 1 N–H and O–H groups in total. The Hall–Kier alpha value is -1.00. The number of amides is 1. The highest BCUT2D eigenvalue weighted by molar-refractivity contribution is 8.00. The molecule has 0 bridgehead atoms. The maximum atomic E-state index is 12.1. The molecule has 1 amide bonds. The molecule has 1 unspecified atom stereocenters. The summed E-state index contributed by atoms with van der Waals surface area (Å²) in [6, 6.07) is 8.63. The molecule has 1 aromatic carbocycles. The van der Waals surface area contributed by atoms with Crippen LogP contribution in [0.3, 0.4) is 0 Å². The van der Waals surface area contributed by atoms with Crippen LogP contribution in [-0.2, 0) is 4.79 Å². The van der Waals surface area contributed by atoms with Gasteiger partial charge in [0.2, 0.25) is 5.91 Å². The Kier molecular flexibility index (Phi) is 4.66. The molecule has 1 aliphatic heterocycles. The predicted molar refractivity (Wildman–Crippen MR) is 75.9 cm³/mol. The number of aryl methyl sites for hydroxylation is 1. The first-order valence-corrected chi connectivity index (χ1v) is 7.35. The lowest BCUT2D eigenvalue weighted by Gasteiger charge is -2.33. The van der Waals surface area contributed by atoms with Crippen molar-refractivity contribution in [2.75, 3.05) is 25.4 Å². The number of hydrogen-bond acceptors (Lipinski definition) is 3. The minimum atomic E-state index is 0.245. The van der Waals surface area contributed by atoms with Gasteiger partial charge in [0.1, 0.15) is 0 Å². The number of carbonyl (C=O) groups excluding carboxylic acids is 1. The minimum absolute atomic E-state index is 0.245. The van der Waals surface area contributed by atoms with Gasteiger partial charge in [-0.15, -0.1) is 11.8 Å². The lowest BCUT2D eigenvalue weighted by atomic mass is 10.2. The van der Waals surface area contributed by atoms with Crippen molar-refractivity contribution in [3.63, 3.8) is 0 Å². The van der Waals surface area contributed by atoms with E-state index in [2.05, 4.69) is 43.4 Å². The summed E-state index contributed by atoms with van der Waals surface area (Å²) in [5.74, 6) is 0.780. The van der Waals surface area contributed by atoms with Gasteiger partial charge in [-0.25, -0.2) is 0 Å². The van der Waals surface area contributed by atoms with E-state index in [-0.39, 0.29) is 5.91 Å². The molecular weight excluding hydrogens is 244 g/mol. The molecule has 0 aromatic heterocycles. The molecule has 1 atom stereocenters. The van der Waals surface area contributed by atoms with Crippen molar-refractivity contribution in [1.82, 2.24) is 10.2 Å². The summed E-state index contributed by atoms with van der Waals surface area (Å²) in [5, 5.41) is 3.30. The van der Waals surface area contributed by atoms with E-state index in [4.69, 9.17) is 0 Å². The Balaban J connectivity index is 1.85. The third-order valence-corrected chi connectivity index (χ3v) is 4.20. The molecule has 1 fully saturated rings. The number of thioether (sulfide) groups is 1. The fourth-order valence-electron chi connectivity index (χ4n) is 2.07. The molecule has 3 nitrogen and oxygen atoms in total. The molecule has 1 aliphatic rings. The minimum Gasteiger partial charge on any atom is -0.337 e. The molecule has 1 heterocycles. The van der Waals surface area contributed by atoms with Gasteiger partial charge < -0.3 is 10.2 Å². The largest absolute Gasteiger partial charge is 0.337 e. The van der Waals surface area contributed by atoms with Crippen molar-refractivity contribution in [3.05, 3.63) is 29.8 Å². The van der Waals surface area contributed by atoms with Gasteiger partial charge in [0.05, 0.1) is 5.75 Å². The second kappa shape index (κ2) is 6.25. The molecule has 4 heteroatoms. The summed E-state index contributed by atoms with van der Waals surface area (Å²) in [6.45, 7) is 6.81. The Morgan fingerprint density at radius 1 is 1.44 bits per heavy atom. The Morgan fingerprint density at radius 3 is 2.83 bits per heavy atom. The summed E-state index contributed by atoms with van der Waals surface area (Å²) >= 11 is 1.62. The maximum Gasteiger partial charge on any atom is 0.233 e. The third-order valence-electron chi connectivity index (χ3n) is 3.20. The fraction of sp³-hybridized carbons (Fsp3) is 0.500. The molecule has 0 saturated carbocycles. The van der Waals surface area contributed by atoms with E-state index in [1.54, 1.807) is 11.8 Å². The lowest BCUT2D eigenvalue weighted by Crippen LogP contribution is -2.52. The average molecular weight is 264 g/mol. The van der Waals surface area contributed by atoms with Gasteiger partial charge in [-0.2, -0.15) is 0 Å². The van der Waals surface area contributed by atoms with Gasteiger partial charge in [-0.05, 0) is 26.0 Å². The molecular formula is C14H20N2OS. The second-order valence-corrected chi connectivity index (χ2v) is 5.79. The van der Waals surface area contributed by atoms with Gasteiger partial charge in [-0.3, -0.25) is 4.79 Å². The second-order valence-electron chi connectivity index (χ2n) is 4.74. The van der Waals surface area contributed by atoms with Crippen molar-refractivity contribution in [2.24, 2.45) is 0 Å². The zero-order valence-electron chi connectivity index (χ0n) is 11.0. The van der Waals surface area contributed by atoms with E-state index >= 15 is 0 Å². The van der Waals surface area contributed by atoms with Gasteiger partial charge in [0.15, 0.2) is 0 Å². The van der Waals surface area contributed by atoms with Crippen LogP contribution in [0.1, 0.15) is 12.5 Å². The van der Waals surface area contributed by atoms with Crippen LogP contribution in [0.4, 0.5) is 0 Å². The van der Waals surface area contributed by atoms with E-state index in [0.717, 1.165) is 24.5 Å². The third kappa shape index (κ3) is 3.50. The lowest BCUT2D eigenvalue weighted by molar-refractivity contribution is -0.131. The van der Waals surface area contributed by atoms with Crippen molar-refractivity contribution in [1.29, 1.82) is 0 Å². The normalized spacial score (nSPS) is 19.9. The quantitative estimate of drug-likeness (QED) is 0.846. The predicted octanol–water partition coefficient (Wildman–Crippen LogP) is 1.91. The SMILES string of the molecule is Cc1ccc(SCC(=O)N2CCNCC2C)cc1. The fourth-order valence-corrected chi connectivity index (χ4v) is 2.86. The summed E-state index contributed by atoms with van der Waals surface area (Å²) < 4.78 is 0. The molecule has 0 radical (unpaired) electrons. The molecule has 1 aromatic rings. The number of rotatable bonds is 3. The number of nitrogens with one attached hydrogen (secondary N) is 1. The molecule has 0 spiro atoms. The highest BCUT2D eigenvalue weighted by atomic mass is 32.2. The van der Waals surface area contributed by atoms with Crippen LogP contribution in [0.5, 0.6) is 0 Å². The maximum absolute atomic E-state index is 12.1. The first-order chi connectivity index (χ1) is 8.66. The van der Waals surface area contributed by atoms with Crippen LogP contribution in [0.25, 0.3) is 0 Å². The Labute approximate surface area is 113 Å². The first-order valence-electron chi connectivity index (χ1n) is 6.36. The summed E-state index contributed by atoms with van der Waals surface area (Å²) in [7, 11) is 0. The topological polar surface area (TPSA) is 32.3 Å². The van der Waals surface area contributed by atoms with Crippen LogP contribution in [0, 0.1) is 6.92 Å². The zero-order valence-corrected chi connectivity index (χ0v) is 11.8. The van der Waals surface area contributed by atoms with Crippen LogP contribution in [0.15, 0.2) is 29.2 Å². The van der Waals surface area contributed by atoms with Gasteiger partial charge >= 0.3 is 0 Å². The van der Waals surface area contributed by atoms with Crippen molar-refractivity contribution in [3.8, 4) is 0 Å². The smallest absolute Gasteiger partial charge is 0.233 e. The van der Waals surface area contributed by atoms with Crippen molar-refractivity contribution >= 4 is 17.7 Å². The molecule has 1 saturated heterocycles. The van der Waals surface area contributed by atoms with E-state index in [9.17, 15) is 4.79 Å². The van der Waals surface area contributed by atoms with E-state index in [1.807, 2.05) is 4.90 Å². The molecule has 18 heavy (non-hydrogen) atoms. The van der Waals surface area contributed by atoms with Crippen LogP contribution < -0.4 is 5.32 Å². The summed E-state index contributed by atoms with van der Waals surface area (Å²) in [6.07, 6.45) is 0. The molecule has 2 rings (SSSR count). The number of piperazine rings is 1. The summed E-state index contributed by atoms with van der Waals surface area (Å²) in [5.41, 5.74) is 1.25. The summed E-state index contributed by atoms with van der Waals surface area (Å²) in [4.78, 5) is 15.3. The standard InChI is InChI=1S/C14H20N2OS/c1-11-3-5-13(6-4-11)18-10-14(17)16-8-7-15-9-12(16)2/h3-6,12,15H,7-10H2,1-2H3. The Bertz CT molecular complexity index is 405. The van der Waals surface area contributed by atoms with Gasteiger partial charge in [0, 0.05) is 30.6 Å². The number of benzene rings is 1. The van der Waals surface area contributed by atoms with Crippen LogP contribution in [-0.4, -0.2) is 42.2 Å².